The van der Waals surface area contributed by atoms with Crippen LogP contribution < -0.4 is 15.0 Å². The zero-order valence-electron chi connectivity index (χ0n) is 17.2. The van der Waals surface area contributed by atoms with Gasteiger partial charge in [-0.3, -0.25) is 10.00 Å². The maximum atomic E-state index is 12.8. The van der Waals surface area contributed by atoms with E-state index in [9.17, 15) is 4.79 Å². The van der Waals surface area contributed by atoms with Crippen LogP contribution in [0.15, 0.2) is 35.2 Å². The smallest absolute Gasteiger partial charge is 0.323 e. The molecule has 1 atom stereocenters. The Morgan fingerprint density at radius 3 is 2.90 bits per heavy atom. The molecule has 0 spiro atoms. The Balaban J connectivity index is 1.49. The molecule has 1 N–H and O–H groups in total. The molecule has 3 aromatic heterocycles. The van der Waals surface area contributed by atoms with E-state index in [2.05, 4.69) is 48.1 Å². The third-order valence-corrected chi connectivity index (χ3v) is 6.00. The number of carbonyl (C=O) groups excluding carboxylic acids is 1. The molecule has 9 nitrogen and oxygen atoms in total. The summed E-state index contributed by atoms with van der Waals surface area (Å²) in [5.74, 6) is 1.10. The average molecular weight is 474 g/mol. The fourth-order valence-corrected chi connectivity index (χ4v) is 4.31. The number of nitrogens with one attached hydrogen (secondary N) is 1. The van der Waals surface area contributed by atoms with Crippen LogP contribution in [0.1, 0.15) is 13.3 Å². The highest BCUT2D eigenvalue weighted by Gasteiger charge is 2.30. The number of carbonyl (C=O) groups is 1. The molecule has 2 amide bonds. The topological polar surface area (TPSA) is 88.4 Å². The van der Waals surface area contributed by atoms with E-state index in [-0.39, 0.29) is 12.1 Å². The predicted molar refractivity (Wildman–Crippen MR) is 119 cm³/mol. The Hall–Kier alpha value is -2.88. The van der Waals surface area contributed by atoms with Gasteiger partial charge in [-0.15, -0.1) is 0 Å². The van der Waals surface area contributed by atoms with Crippen LogP contribution in [0.3, 0.4) is 0 Å². The summed E-state index contributed by atoms with van der Waals surface area (Å²) < 4.78 is 7.52. The minimum Gasteiger partial charge on any atom is -0.494 e. The molecule has 0 radical (unpaired) electrons. The van der Waals surface area contributed by atoms with E-state index >= 15 is 0 Å². The number of piperazine rings is 1. The molecule has 1 fully saturated rings. The number of anilines is 2. The van der Waals surface area contributed by atoms with Crippen molar-refractivity contribution in [3.05, 3.63) is 35.2 Å². The molecule has 0 unspecified atom stereocenters. The van der Waals surface area contributed by atoms with Crippen LogP contribution in [0.25, 0.3) is 11.0 Å². The molecule has 4 heterocycles. The number of hydrogen-bond donors (Lipinski definition) is 1. The van der Waals surface area contributed by atoms with E-state index in [1.807, 2.05) is 30.4 Å². The van der Waals surface area contributed by atoms with Gasteiger partial charge in [-0.25, -0.2) is 14.8 Å². The second-order valence-corrected chi connectivity index (χ2v) is 7.91. The summed E-state index contributed by atoms with van der Waals surface area (Å²) >= 11 is 3.35. The Bertz CT molecular complexity index is 1070. The van der Waals surface area contributed by atoms with Gasteiger partial charge in [0, 0.05) is 38.9 Å². The van der Waals surface area contributed by atoms with Crippen LogP contribution >= 0.6 is 15.9 Å². The van der Waals surface area contributed by atoms with Gasteiger partial charge in [0.2, 0.25) is 0 Å². The van der Waals surface area contributed by atoms with E-state index in [1.165, 1.54) is 0 Å². The van der Waals surface area contributed by atoms with Crippen LogP contribution in [-0.2, 0) is 7.05 Å². The number of aromatic nitrogens is 4. The molecule has 1 saturated heterocycles. The molecule has 0 saturated carbocycles. The first-order valence-corrected chi connectivity index (χ1v) is 10.6. The maximum Gasteiger partial charge on any atom is 0.323 e. The van der Waals surface area contributed by atoms with Crippen LogP contribution in [0.5, 0.6) is 5.75 Å². The molecule has 0 aromatic carbocycles. The van der Waals surface area contributed by atoms with Crippen molar-refractivity contribution in [1.82, 2.24) is 24.6 Å². The first-order valence-electron chi connectivity index (χ1n) is 9.81. The highest BCUT2D eigenvalue weighted by Crippen LogP contribution is 2.29. The standard InChI is InChI=1S/C20H24BrN7O2/c1-4-13-12-27(20(29)25-17-6-5-16(30-3)18(21)24-17)9-10-28(13)15-7-8-22-19-14(15)11-23-26(19)2/h5-8,11,13H,4,9-10,12H2,1-3H3,(H,24,25,29)/t13-/m0/s1. The number of urea groups is 1. The summed E-state index contributed by atoms with van der Waals surface area (Å²) in [6, 6.07) is 5.57. The second kappa shape index (κ2) is 8.47. The number of fused-ring (bicyclic) bond motifs is 1. The molecule has 0 aliphatic carbocycles. The third-order valence-electron chi connectivity index (χ3n) is 5.43. The van der Waals surface area contributed by atoms with Crippen molar-refractivity contribution in [3.63, 3.8) is 0 Å². The first kappa shape index (κ1) is 20.4. The largest absolute Gasteiger partial charge is 0.494 e. The van der Waals surface area contributed by atoms with E-state index in [4.69, 9.17) is 4.74 Å². The van der Waals surface area contributed by atoms with Crippen LogP contribution in [-0.4, -0.2) is 63.5 Å². The quantitative estimate of drug-likeness (QED) is 0.584. The van der Waals surface area contributed by atoms with Crippen molar-refractivity contribution < 1.29 is 9.53 Å². The number of pyridine rings is 2. The van der Waals surface area contributed by atoms with Crippen molar-refractivity contribution in [2.24, 2.45) is 7.05 Å². The average Bonchev–Trinajstić information content (AvgIpc) is 3.14. The van der Waals surface area contributed by atoms with Gasteiger partial charge in [-0.1, -0.05) is 6.92 Å². The lowest BCUT2D eigenvalue weighted by molar-refractivity contribution is 0.197. The number of rotatable bonds is 4. The number of hydrogen-bond acceptors (Lipinski definition) is 6. The Morgan fingerprint density at radius 2 is 2.17 bits per heavy atom. The zero-order valence-corrected chi connectivity index (χ0v) is 18.8. The summed E-state index contributed by atoms with van der Waals surface area (Å²) in [4.78, 5) is 25.8. The van der Waals surface area contributed by atoms with Gasteiger partial charge in [0.15, 0.2) is 11.4 Å². The number of halogens is 1. The Morgan fingerprint density at radius 1 is 1.33 bits per heavy atom. The summed E-state index contributed by atoms with van der Waals surface area (Å²) in [5, 5.41) is 8.26. The van der Waals surface area contributed by atoms with Crippen molar-refractivity contribution >= 4 is 44.5 Å². The molecule has 158 valence electrons. The molecular formula is C20H24BrN7O2. The second-order valence-electron chi connectivity index (χ2n) is 7.16. The molecule has 30 heavy (non-hydrogen) atoms. The molecular weight excluding hydrogens is 450 g/mol. The van der Waals surface area contributed by atoms with Gasteiger partial charge < -0.3 is 14.5 Å². The maximum absolute atomic E-state index is 12.8. The molecule has 1 aliphatic heterocycles. The fourth-order valence-electron chi connectivity index (χ4n) is 3.82. The highest BCUT2D eigenvalue weighted by atomic mass is 79.9. The number of nitrogens with zero attached hydrogens (tertiary/aromatic N) is 6. The third kappa shape index (κ3) is 3.79. The fraction of sp³-hybridized carbons (Fsp3) is 0.400. The van der Waals surface area contributed by atoms with Gasteiger partial charge in [-0.05, 0) is 40.5 Å². The molecule has 10 heteroatoms. The molecule has 3 aromatic rings. The summed E-state index contributed by atoms with van der Waals surface area (Å²) in [5.41, 5.74) is 1.97. The first-order chi connectivity index (χ1) is 14.5. The SMILES string of the molecule is CC[C@H]1CN(C(=O)Nc2ccc(OC)c(Br)n2)CCN1c1ccnc2c1cnn2C. The van der Waals surface area contributed by atoms with Crippen molar-refractivity contribution in [2.75, 3.05) is 37.0 Å². The highest BCUT2D eigenvalue weighted by molar-refractivity contribution is 9.10. The lowest BCUT2D eigenvalue weighted by Crippen LogP contribution is -2.55. The number of aryl methyl sites for hydroxylation is 1. The van der Waals surface area contributed by atoms with Gasteiger partial charge in [0.05, 0.1) is 24.4 Å². The van der Waals surface area contributed by atoms with Gasteiger partial charge in [0.25, 0.3) is 0 Å². The Labute approximate surface area is 183 Å². The normalized spacial score (nSPS) is 16.7. The summed E-state index contributed by atoms with van der Waals surface area (Å²) in [7, 11) is 3.47. The van der Waals surface area contributed by atoms with E-state index in [0.29, 0.717) is 29.3 Å². The van der Waals surface area contributed by atoms with Crippen LogP contribution in [0.2, 0.25) is 0 Å². The summed E-state index contributed by atoms with van der Waals surface area (Å²) in [6.07, 6.45) is 4.59. The lowest BCUT2D eigenvalue weighted by atomic mass is 10.1. The molecule has 0 bridgehead atoms. The van der Waals surface area contributed by atoms with E-state index < -0.39 is 0 Å². The Kier molecular flexibility index (Phi) is 5.76. The van der Waals surface area contributed by atoms with Gasteiger partial charge >= 0.3 is 6.03 Å². The lowest BCUT2D eigenvalue weighted by Gasteiger charge is -2.42. The van der Waals surface area contributed by atoms with Crippen molar-refractivity contribution in [3.8, 4) is 5.75 Å². The molecule has 1 aliphatic rings. The van der Waals surface area contributed by atoms with E-state index in [0.717, 1.165) is 29.7 Å². The number of ether oxygens (including phenoxy) is 1. The predicted octanol–water partition coefficient (Wildman–Crippen LogP) is 3.27. The van der Waals surface area contributed by atoms with Crippen LogP contribution in [0, 0.1) is 0 Å². The van der Waals surface area contributed by atoms with Crippen molar-refractivity contribution in [2.45, 2.75) is 19.4 Å². The van der Waals surface area contributed by atoms with Gasteiger partial charge in [0.1, 0.15) is 10.4 Å². The van der Waals surface area contributed by atoms with Crippen LogP contribution in [0.4, 0.5) is 16.3 Å². The van der Waals surface area contributed by atoms with Crippen molar-refractivity contribution in [1.29, 1.82) is 0 Å². The van der Waals surface area contributed by atoms with E-state index in [1.54, 1.807) is 23.9 Å². The monoisotopic (exact) mass is 473 g/mol. The minimum atomic E-state index is -0.154. The number of amides is 2. The zero-order chi connectivity index (χ0) is 21.3. The number of methoxy groups -OCH3 is 1. The minimum absolute atomic E-state index is 0.154. The summed E-state index contributed by atoms with van der Waals surface area (Å²) in [6.45, 7) is 4.12. The molecule has 4 rings (SSSR count). The van der Waals surface area contributed by atoms with Gasteiger partial charge in [-0.2, -0.15) is 5.10 Å².